The summed E-state index contributed by atoms with van der Waals surface area (Å²) >= 11 is 5.70. The van der Waals surface area contributed by atoms with Crippen molar-refractivity contribution in [2.24, 2.45) is 0 Å². The first-order valence-corrected chi connectivity index (χ1v) is 5.62. The van der Waals surface area contributed by atoms with Crippen molar-refractivity contribution in [3.63, 3.8) is 0 Å². The van der Waals surface area contributed by atoms with E-state index in [-0.39, 0.29) is 5.56 Å². The van der Waals surface area contributed by atoms with E-state index in [4.69, 9.17) is 16.3 Å². The maximum Gasteiger partial charge on any atom is 0.346 e. The van der Waals surface area contributed by atoms with E-state index in [0.29, 0.717) is 10.6 Å². The van der Waals surface area contributed by atoms with Gasteiger partial charge in [0.1, 0.15) is 0 Å². The van der Waals surface area contributed by atoms with Gasteiger partial charge in [0.15, 0.2) is 0 Å². The van der Waals surface area contributed by atoms with E-state index in [0.717, 1.165) is 0 Å². The zero-order valence-electron chi connectivity index (χ0n) is 9.30. The molecule has 4 heteroatoms. The van der Waals surface area contributed by atoms with Gasteiger partial charge in [-0.25, -0.2) is 9.59 Å². The van der Waals surface area contributed by atoms with Gasteiger partial charge in [-0.1, -0.05) is 29.8 Å². The molecule has 0 saturated heterocycles. The minimum atomic E-state index is -0.694. The van der Waals surface area contributed by atoms with E-state index in [2.05, 4.69) is 0 Å². The van der Waals surface area contributed by atoms with Crippen LogP contribution < -0.4 is 0 Å². The molecule has 0 saturated carbocycles. The third kappa shape index (κ3) is 2.96. The molecule has 0 aromatic heterocycles. The summed E-state index contributed by atoms with van der Waals surface area (Å²) in [6.45, 7) is 0. The van der Waals surface area contributed by atoms with Crippen LogP contribution in [0.2, 0.25) is 5.02 Å². The molecule has 2 rings (SSSR count). The number of ether oxygens (including phenoxy) is 1. The van der Waals surface area contributed by atoms with Crippen LogP contribution in [0.5, 0.6) is 0 Å². The molecule has 0 N–H and O–H groups in total. The van der Waals surface area contributed by atoms with E-state index in [1.54, 1.807) is 42.5 Å². The summed E-state index contributed by atoms with van der Waals surface area (Å²) in [7, 11) is 0. The SMILES string of the molecule is O=C(OC(=O)c1ccc(Cl)cc1)c1ccccc1. The Morgan fingerprint density at radius 2 is 1.28 bits per heavy atom. The van der Waals surface area contributed by atoms with E-state index >= 15 is 0 Å². The Balaban J connectivity index is 2.08. The smallest absolute Gasteiger partial charge is 0.346 e. The maximum atomic E-state index is 11.7. The van der Waals surface area contributed by atoms with Gasteiger partial charge in [0, 0.05) is 5.02 Å². The van der Waals surface area contributed by atoms with E-state index in [1.807, 2.05) is 0 Å². The molecule has 0 atom stereocenters. The highest BCUT2D eigenvalue weighted by molar-refractivity contribution is 6.30. The number of benzene rings is 2. The van der Waals surface area contributed by atoms with E-state index in [9.17, 15) is 9.59 Å². The number of esters is 2. The van der Waals surface area contributed by atoms with Crippen molar-refractivity contribution in [3.8, 4) is 0 Å². The molecule has 0 spiro atoms. The van der Waals surface area contributed by atoms with Crippen LogP contribution in [-0.2, 0) is 4.74 Å². The summed E-state index contributed by atoms with van der Waals surface area (Å²) in [5, 5.41) is 0.515. The summed E-state index contributed by atoms with van der Waals surface area (Å²) in [6.07, 6.45) is 0. The minimum absolute atomic E-state index is 0.281. The van der Waals surface area contributed by atoms with Crippen molar-refractivity contribution in [3.05, 3.63) is 70.7 Å². The van der Waals surface area contributed by atoms with Crippen LogP contribution in [-0.4, -0.2) is 11.9 Å². The maximum absolute atomic E-state index is 11.7. The third-order valence-corrected chi connectivity index (χ3v) is 2.53. The lowest BCUT2D eigenvalue weighted by molar-refractivity contribution is 0.0398. The van der Waals surface area contributed by atoms with Crippen LogP contribution in [0.25, 0.3) is 0 Å². The molecule has 0 bridgehead atoms. The minimum Gasteiger partial charge on any atom is -0.386 e. The van der Waals surface area contributed by atoms with Crippen molar-refractivity contribution in [1.29, 1.82) is 0 Å². The van der Waals surface area contributed by atoms with Gasteiger partial charge in [-0.15, -0.1) is 0 Å². The highest BCUT2D eigenvalue weighted by Gasteiger charge is 2.14. The van der Waals surface area contributed by atoms with Gasteiger partial charge in [-0.3, -0.25) is 0 Å². The van der Waals surface area contributed by atoms with Gasteiger partial charge in [-0.2, -0.15) is 0 Å². The van der Waals surface area contributed by atoms with Gasteiger partial charge in [0.05, 0.1) is 11.1 Å². The number of carbonyl (C=O) groups is 2. The third-order valence-electron chi connectivity index (χ3n) is 2.27. The Morgan fingerprint density at radius 3 is 1.83 bits per heavy atom. The lowest BCUT2D eigenvalue weighted by Gasteiger charge is -2.02. The Hall–Kier alpha value is -2.13. The summed E-state index contributed by atoms with van der Waals surface area (Å²) in [4.78, 5) is 23.3. The average molecular weight is 261 g/mol. The van der Waals surface area contributed by atoms with Gasteiger partial charge in [0.25, 0.3) is 0 Å². The zero-order valence-corrected chi connectivity index (χ0v) is 10.1. The number of carbonyl (C=O) groups excluding carboxylic acids is 2. The molecule has 0 aliphatic carbocycles. The standard InChI is InChI=1S/C14H9ClO3/c15-12-8-6-11(7-9-12)14(17)18-13(16)10-4-2-1-3-5-10/h1-9H. The first-order valence-electron chi connectivity index (χ1n) is 5.24. The number of halogens is 1. The fraction of sp³-hybridized carbons (Fsp3) is 0. The fourth-order valence-corrected chi connectivity index (χ4v) is 1.49. The second-order valence-corrected chi connectivity index (χ2v) is 3.99. The Labute approximate surface area is 109 Å². The largest absolute Gasteiger partial charge is 0.386 e. The molecule has 0 amide bonds. The van der Waals surface area contributed by atoms with E-state index in [1.165, 1.54) is 12.1 Å². The molecule has 0 aliphatic rings. The molecule has 0 heterocycles. The average Bonchev–Trinajstić information content (AvgIpc) is 2.40. The molecule has 0 radical (unpaired) electrons. The van der Waals surface area contributed by atoms with Gasteiger partial charge >= 0.3 is 11.9 Å². The van der Waals surface area contributed by atoms with Gasteiger partial charge < -0.3 is 4.74 Å². The molecule has 0 unspecified atom stereocenters. The Kier molecular flexibility index (Phi) is 3.75. The van der Waals surface area contributed by atoms with Crippen LogP contribution in [0.15, 0.2) is 54.6 Å². The van der Waals surface area contributed by atoms with Gasteiger partial charge in [-0.05, 0) is 36.4 Å². The predicted molar refractivity (Wildman–Crippen MR) is 67.6 cm³/mol. The molecule has 0 aliphatic heterocycles. The number of hydrogen-bond donors (Lipinski definition) is 0. The monoisotopic (exact) mass is 260 g/mol. The van der Waals surface area contributed by atoms with Crippen LogP contribution in [0.3, 0.4) is 0 Å². The predicted octanol–water partition coefficient (Wildman–Crippen LogP) is 3.34. The fourth-order valence-electron chi connectivity index (χ4n) is 1.36. The molecule has 90 valence electrons. The summed E-state index contributed by atoms with van der Waals surface area (Å²) in [5.74, 6) is -1.36. The summed E-state index contributed by atoms with van der Waals surface area (Å²) < 4.78 is 4.74. The van der Waals surface area contributed by atoms with Crippen LogP contribution >= 0.6 is 11.6 Å². The van der Waals surface area contributed by atoms with Crippen LogP contribution in [0.1, 0.15) is 20.7 Å². The highest BCUT2D eigenvalue weighted by Crippen LogP contribution is 2.11. The lowest BCUT2D eigenvalue weighted by Crippen LogP contribution is -2.12. The first kappa shape index (κ1) is 12.3. The second-order valence-electron chi connectivity index (χ2n) is 3.55. The molecular formula is C14H9ClO3. The normalized spacial score (nSPS) is 9.83. The van der Waals surface area contributed by atoms with Crippen molar-refractivity contribution in [1.82, 2.24) is 0 Å². The van der Waals surface area contributed by atoms with Gasteiger partial charge in [0.2, 0.25) is 0 Å². The molecule has 3 nitrogen and oxygen atoms in total. The lowest BCUT2D eigenvalue weighted by atomic mass is 10.2. The Morgan fingerprint density at radius 1 is 0.778 bits per heavy atom. The number of rotatable bonds is 2. The van der Waals surface area contributed by atoms with Crippen molar-refractivity contribution in [2.45, 2.75) is 0 Å². The quantitative estimate of drug-likeness (QED) is 0.614. The van der Waals surface area contributed by atoms with Crippen molar-refractivity contribution < 1.29 is 14.3 Å². The summed E-state index contributed by atoms with van der Waals surface area (Å²) in [5.41, 5.74) is 0.614. The summed E-state index contributed by atoms with van der Waals surface area (Å²) in [6, 6.07) is 14.5. The van der Waals surface area contributed by atoms with Crippen LogP contribution in [0.4, 0.5) is 0 Å². The molecule has 0 fully saturated rings. The zero-order chi connectivity index (χ0) is 13.0. The van der Waals surface area contributed by atoms with Crippen molar-refractivity contribution in [2.75, 3.05) is 0 Å². The molecule has 2 aromatic carbocycles. The molecule has 18 heavy (non-hydrogen) atoms. The van der Waals surface area contributed by atoms with Crippen molar-refractivity contribution >= 4 is 23.5 Å². The molecular weight excluding hydrogens is 252 g/mol. The Bertz CT molecular complexity index is 561. The van der Waals surface area contributed by atoms with E-state index < -0.39 is 11.9 Å². The highest BCUT2D eigenvalue weighted by atomic mass is 35.5. The van der Waals surface area contributed by atoms with Crippen LogP contribution in [0, 0.1) is 0 Å². The number of hydrogen-bond acceptors (Lipinski definition) is 3. The topological polar surface area (TPSA) is 43.4 Å². The first-order chi connectivity index (χ1) is 8.66. The second kappa shape index (κ2) is 5.47. The molecule has 2 aromatic rings.